The average molecular weight is 320 g/mol. The molecule has 1 saturated heterocycles. The van der Waals surface area contributed by atoms with E-state index < -0.39 is 30.6 Å². The van der Waals surface area contributed by atoms with Gasteiger partial charge in [-0.15, -0.1) is 0 Å². The molecule has 1 fully saturated rings. The quantitative estimate of drug-likeness (QED) is 0.597. The maximum atomic E-state index is 12.2. The molecule has 8 heteroatoms. The number of hydrogen-bond acceptors (Lipinski definition) is 6. The number of amides is 3. The normalized spacial score (nSPS) is 14.2. The predicted molar refractivity (Wildman–Crippen MR) is 78.6 cm³/mol. The fraction of sp³-hybridized carbons (Fsp3) is 0.333. The van der Waals surface area contributed by atoms with E-state index in [1.807, 2.05) is 0 Å². The third-order valence-electron chi connectivity index (χ3n) is 3.14. The first-order valence-electron chi connectivity index (χ1n) is 6.96. The Balaban J connectivity index is 2.10. The number of hydrogen-bond donors (Lipinski definition) is 0. The van der Waals surface area contributed by atoms with Crippen molar-refractivity contribution in [3.05, 3.63) is 29.8 Å². The summed E-state index contributed by atoms with van der Waals surface area (Å²) < 4.78 is 9.56. The van der Waals surface area contributed by atoms with Crippen LogP contribution >= 0.6 is 0 Å². The largest absolute Gasteiger partial charge is 0.462 e. The van der Waals surface area contributed by atoms with Crippen LogP contribution in [0.25, 0.3) is 0 Å². The zero-order valence-electron chi connectivity index (χ0n) is 12.8. The standard InChI is InChI=1S/C15H16N2O6/c1-3-22-14(20)11-4-6-12(7-5-11)16-8-13(19)17(15(16)21)9-23-10(2)18/h4-7H,3,8-9H2,1-2H3. The van der Waals surface area contributed by atoms with Crippen molar-refractivity contribution in [3.63, 3.8) is 0 Å². The van der Waals surface area contributed by atoms with Gasteiger partial charge < -0.3 is 9.47 Å². The summed E-state index contributed by atoms with van der Waals surface area (Å²) in [5.74, 6) is -1.51. The molecule has 23 heavy (non-hydrogen) atoms. The third kappa shape index (κ3) is 3.65. The van der Waals surface area contributed by atoms with E-state index >= 15 is 0 Å². The Labute approximate surface area is 132 Å². The van der Waals surface area contributed by atoms with E-state index in [9.17, 15) is 19.2 Å². The number of esters is 2. The fourth-order valence-corrected chi connectivity index (χ4v) is 2.02. The Hall–Kier alpha value is -2.90. The number of ether oxygens (including phenoxy) is 2. The van der Waals surface area contributed by atoms with Crippen molar-refractivity contribution in [3.8, 4) is 0 Å². The molecule has 0 bridgehead atoms. The van der Waals surface area contributed by atoms with Crippen LogP contribution in [0.4, 0.5) is 10.5 Å². The van der Waals surface area contributed by atoms with Crippen molar-refractivity contribution in [2.45, 2.75) is 13.8 Å². The molecule has 122 valence electrons. The van der Waals surface area contributed by atoms with Crippen LogP contribution in [0.3, 0.4) is 0 Å². The summed E-state index contributed by atoms with van der Waals surface area (Å²) in [4.78, 5) is 48.5. The Morgan fingerprint density at radius 1 is 1.13 bits per heavy atom. The smallest absolute Gasteiger partial charge is 0.338 e. The van der Waals surface area contributed by atoms with E-state index in [0.29, 0.717) is 11.3 Å². The van der Waals surface area contributed by atoms with Crippen LogP contribution in [-0.2, 0) is 19.1 Å². The lowest BCUT2D eigenvalue weighted by Crippen LogP contribution is -2.35. The lowest BCUT2D eigenvalue weighted by molar-refractivity contribution is -0.146. The van der Waals surface area contributed by atoms with Crippen LogP contribution in [0.5, 0.6) is 0 Å². The first-order valence-corrected chi connectivity index (χ1v) is 6.96. The van der Waals surface area contributed by atoms with Gasteiger partial charge in [0.15, 0.2) is 6.73 Å². The van der Waals surface area contributed by atoms with Gasteiger partial charge in [-0.2, -0.15) is 0 Å². The highest BCUT2D eigenvalue weighted by Crippen LogP contribution is 2.21. The molecule has 0 radical (unpaired) electrons. The third-order valence-corrected chi connectivity index (χ3v) is 3.14. The molecule has 1 aromatic rings. The van der Waals surface area contributed by atoms with Gasteiger partial charge in [0.05, 0.1) is 12.2 Å². The molecular formula is C15H16N2O6. The number of anilines is 1. The van der Waals surface area contributed by atoms with E-state index in [2.05, 4.69) is 4.74 Å². The van der Waals surface area contributed by atoms with Crippen LogP contribution in [0.15, 0.2) is 24.3 Å². The van der Waals surface area contributed by atoms with Gasteiger partial charge >= 0.3 is 18.0 Å². The summed E-state index contributed by atoms with van der Waals surface area (Å²) in [6.07, 6.45) is 0. The number of carbonyl (C=O) groups is 4. The van der Waals surface area contributed by atoms with Crippen molar-refractivity contribution < 1.29 is 28.7 Å². The van der Waals surface area contributed by atoms with E-state index in [4.69, 9.17) is 4.74 Å². The predicted octanol–water partition coefficient (Wildman–Crippen LogP) is 1.15. The molecular weight excluding hydrogens is 304 g/mol. The van der Waals surface area contributed by atoms with Crippen molar-refractivity contribution >= 4 is 29.6 Å². The number of benzene rings is 1. The molecule has 0 N–H and O–H groups in total. The molecule has 1 heterocycles. The summed E-state index contributed by atoms with van der Waals surface area (Å²) in [7, 11) is 0. The Bertz CT molecular complexity index is 640. The number of carbonyl (C=O) groups excluding carboxylic acids is 4. The Morgan fingerprint density at radius 2 is 1.78 bits per heavy atom. The SMILES string of the molecule is CCOC(=O)c1ccc(N2CC(=O)N(COC(C)=O)C2=O)cc1. The molecule has 1 aliphatic heterocycles. The first kappa shape index (κ1) is 16.5. The second kappa shape index (κ2) is 6.91. The van der Waals surface area contributed by atoms with Gasteiger partial charge in [-0.25, -0.2) is 14.5 Å². The molecule has 8 nitrogen and oxygen atoms in total. The second-order valence-corrected chi connectivity index (χ2v) is 4.72. The summed E-state index contributed by atoms with van der Waals surface area (Å²) in [5.41, 5.74) is 0.812. The molecule has 0 atom stereocenters. The number of rotatable bonds is 5. The van der Waals surface area contributed by atoms with Crippen LogP contribution in [0.1, 0.15) is 24.2 Å². The number of urea groups is 1. The topological polar surface area (TPSA) is 93.2 Å². The molecule has 0 spiro atoms. The minimum Gasteiger partial charge on any atom is -0.462 e. The van der Waals surface area contributed by atoms with E-state index in [-0.39, 0.29) is 13.2 Å². The second-order valence-electron chi connectivity index (χ2n) is 4.72. The minimum atomic E-state index is -0.583. The molecule has 3 amide bonds. The lowest BCUT2D eigenvalue weighted by atomic mass is 10.2. The summed E-state index contributed by atoms with van der Waals surface area (Å²) in [6.45, 7) is 2.60. The van der Waals surface area contributed by atoms with Gasteiger partial charge in [0.25, 0.3) is 5.91 Å². The van der Waals surface area contributed by atoms with Gasteiger partial charge in [0.1, 0.15) is 6.54 Å². The van der Waals surface area contributed by atoms with Gasteiger partial charge in [-0.1, -0.05) is 0 Å². The van der Waals surface area contributed by atoms with Crippen LogP contribution in [-0.4, -0.2) is 48.7 Å². The number of imide groups is 1. The zero-order chi connectivity index (χ0) is 17.0. The van der Waals surface area contributed by atoms with Crippen molar-refractivity contribution in [1.82, 2.24) is 4.90 Å². The van der Waals surface area contributed by atoms with Crippen molar-refractivity contribution in [2.75, 3.05) is 24.8 Å². The summed E-state index contributed by atoms with van der Waals surface area (Å²) in [6, 6.07) is 5.54. The molecule has 1 aliphatic rings. The molecule has 0 saturated carbocycles. The monoisotopic (exact) mass is 320 g/mol. The van der Waals surface area contributed by atoms with E-state index in [0.717, 1.165) is 4.90 Å². The Morgan fingerprint density at radius 3 is 2.35 bits per heavy atom. The fourth-order valence-electron chi connectivity index (χ4n) is 2.02. The van der Waals surface area contributed by atoms with Gasteiger partial charge in [-0.3, -0.25) is 14.5 Å². The average Bonchev–Trinajstić information content (AvgIpc) is 2.80. The van der Waals surface area contributed by atoms with E-state index in [1.54, 1.807) is 19.1 Å². The number of nitrogens with zero attached hydrogens (tertiary/aromatic N) is 2. The highest BCUT2D eigenvalue weighted by Gasteiger charge is 2.37. The Kier molecular flexibility index (Phi) is 4.95. The van der Waals surface area contributed by atoms with Gasteiger partial charge in [0, 0.05) is 12.6 Å². The maximum Gasteiger partial charge on any atom is 0.338 e. The maximum absolute atomic E-state index is 12.2. The molecule has 2 rings (SSSR count). The highest BCUT2D eigenvalue weighted by molar-refractivity contribution is 6.12. The minimum absolute atomic E-state index is 0.154. The van der Waals surface area contributed by atoms with Gasteiger partial charge in [0.2, 0.25) is 0 Å². The zero-order valence-corrected chi connectivity index (χ0v) is 12.8. The molecule has 1 aromatic carbocycles. The van der Waals surface area contributed by atoms with Crippen molar-refractivity contribution in [2.24, 2.45) is 0 Å². The van der Waals surface area contributed by atoms with Crippen LogP contribution in [0.2, 0.25) is 0 Å². The molecule has 0 aliphatic carbocycles. The van der Waals surface area contributed by atoms with E-state index in [1.165, 1.54) is 24.0 Å². The summed E-state index contributed by atoms with van der Waals surface area (Å²) in [5, 5.41) is 0. The van der Waals surface area contributed by atoms with Crippen LogP contribution < -0.4 is 4.90 Å². The van der Waals surface area contributed by atoms with Crippen LogP contribution in [0, 0.1) is 0 Å². The summed E-state index contributed by atoms with van der Waals surface area (Å²) >= 11 is 0. The molecule has 0 unspecified atom stereocenters. The lowest BCUT2D eigenvalue weighted by Gasteiger charge is -2.17. The first-order chi connectivity index (χ1) is 10.9. The molecule has 0 aromatic heterocycles. The highest BCUT2D eigenvalue weighted by atomic mass is 16.5. The van der Waals surface area contributed by atoms with Gasteiger partial charge in [-0.05, 0) is 31.2 Å². The van der Waals surface area contributed by atoms with Crippen molar-refractivity contribution in [1.29, 1.82) is 0 Å².